The van der Waals surface area contributed by atoms with E-state index in [2.05, 4.69) is 14.8 Å². The van der Waals surface area contributed by atoms with Gasteiger partial charge in [0.25, 0.3) is 0 Å². The van der Waals surface area contributed by atoms with Gasteiger partial charge in [0.1, 0.15) is 5.75 Å². The fraction of sp³-hybridized carbons (Fsp3) is 0.533. The van der Waals surface area contributed by atoms with Crippen molar-refractivity contribution < 1.29 is 27.4 Å². The van der Waals surface area contributed by atoms with Crippen molar-refractivity contribution in [1.82, 2.24) is 5.32 Å². The van der Waals surface area contributed by atoms with Crippen molar-refractivity contribution in [2.75, 3.05) is 13.7 Å². The molecule has 0 saturated carbocycles. The average molecular weight is 317 g/mol. The predicted octanol–water partition coefficient (Wildman–Crippen LogP) is 3.19. The Hall–Kier alpha value is -1.76. The maximum atomic E-state index is 12.1. The van der Waals surface area contributed by atoms with E-state index in [1.807, 2.05) is 0 Å². The van der Waals surface area contributed by atoms with E-state index in [0.717, 1.165) is 24.9 Å². The Labute approximate surface area is 126 Å². The van der Waals surface area contributed by atoms with Gasteiger partial charge in [0.15, 0.2) is 0 Å². The lowest BCUT2D eigenvalue weighted by atomic mass is 9.87. The van der Waals surface area contributed by atoms with Gasteiger partial charge < -0.3 is 14.8 Å². The van der Waals surface area contributed by atoms with Gasteiger partial charge in [-0.25, -0.2) is 0 Å². The van der Waals surface area contributed by atoms with Gasteiger partial charge in [-0.3, -0.25) is 4.79 Å². The van der Waals surface area contributed by atoms with E-state index in [1.165, 1.54) is 19.2 Å². The number of hydrogen-bond donors (Lipinski definition) is 1. The highest BCUT2D eigenvalue weighted by Crippen LogP contribution is 2.31. The van der Waals surface area contributed by atoms with Crippen LogP contribution in [0, 0.1) is 5.92 Å². The van der Waals surface area contributed by atoms with Gasteiger partial charge in [-0.05, 0) is 43.0 Å². The summed E-state index contributed by atoms with van der Waals surface area (Å²) < 4.78 is 44.9. The molecule has 122 valence electrons. The zero-order valence-corrected chi connectivity index (χ0v) is 12.2. The van der Waals surface area contributed by atoms with E-state index < -0.39 is 6.36 Å². The third-order valence-electron chi connectivity index (χ3n) is 3.71. The number of carbonyl (C=O) groups excluding carboxylic acids is 1. The molecule has 1 saturated heterocycles. The Balaban J connectivity index is 1.97. The molecule has 0 spiro atoms. The minimum Gasteiger partial charge on any atom is -0.469 e. The van der Waals surface area contributed by atoms with Crippen LogP contribution in [0.3, 0.4) is 0 Å². The van der Waals surface area contributed by atoms with Crippen LogP contribution in [0.15, 0.2) is 24.3 Å². The fourth-order valence-corrected chi connectivity index (χ4v) is 2.66. The summed E-state index contributed by atoms with van der Waals surface area (Å²) in [5.74, 6) is -0.262. The number of rotatable bonds is 4. The molecule has 1 aliphatic rings. The molecule has 0 radical (unpaired) electrons. The Morgan fingerprint density at radius 2 is 2.00 bits per heavy atom. The molecule has 1 heterocycles. The molecule has 4 nitrogen and oxygen atoms in total. The third-order valence-corrected chi connectivity index (χ3v) is 3.71. The first-order valence-electron chi connectivity index (χ1n) is 7.03. The predicted molar refractivity (Wildman–Crippen MR) is 73.2 cm³/mol. The van der Waals surface area contributed by atoms with Gasteiger partial charge in [-0.15, -0.1) is 13.2 Å². The van der Waals surface area contributed by atoms with E-state index in [0.29, 0.717) is 6.42 Å². The lowest BCUT2D eigenvalue weighted by molar-refractivity contribution is -0.274. The van der Waals surface area contributed by atoms with Gasteiger partial charge >= 0.3 is 12.3 Å². The molecule has 0 aliphatic carbocycles. The van der Waals surface area contributed by atoms with Crippen LogP contribution < -0.4 is 10.1 Å². The maximum absolute atomic E-state index is 12.1. The number of nitrogens with one attached hydrogen (secondary N) is 1. The number of benzene rings is 1. The van der Waals surface area contributed by atoms with Crippen LogP contribution in [0.1, 0.15) is 30.9 Å². The molecule has 0 amide bonds. The van der Waals surface area contributed by atoms with E-state index in [4.69, 9.17) is 0 Å². The molecule has 1 aliphatic heterocycles. The second kappa shape index (κ2) is 7.00. The first-order valence-corrected chi connectivity index (χ1v) is 7.03. The van der Waals surface area contributed by atoms with Gasteiger partial charge in [-0.2, -0.15) is 0 Å². The molecule has 0 unspecified atom stereocenters. The fourth-order valence-electron chi connectivity index (χ4n) is 2.66. The van der Waals surface area contributed by atoms with E-state index in [-0.39, 0.29) is 23.7 Å². The number of halogens is 3. The molecule has 0 bridgehead atoms. The van der Waals surface area contributed by atoms with Crippen molar-refractivity contribution in [3.63, 3.8) is 0 Å². The summed E-state index contributed by atoms with van der Waals surface area (Å²) in [7, 11) is 1.36. The van der Waals surface area contributed by atoms with Crippen LogP contribution in [0.25, 0.3) is 0 Å². The van der Waals surface area contributed by atoms with Crippen LogP contribution in [-0.2, 0) is 9.53 Å². The molecule has 2 atom stereocenters. The molecule has 0 aromatic heterocycles. The zero-order chi connectivity index (χ0) is 16.2. The number of methoxy groups -OCH3 is 1. The molecule has 22 heavy (non-hydrogen) atoms. The zero-order valence-electron chi connectivity index (χ0n) is 12.2. The quantitative estimate of drug-likeness (QED) is 0.867. The van der Waals surface area contributed by atoms with Crippen LogP contribution in [0.5, 0.6) is 5.75 Å². The van der Waals surface area contributed by atoms with E-state index in [9.17, 15) is 18.0 Å². The van der Waals surface area contributed by atoms with Crippen LogP contribution in [0.2, 0.25) is 0 Å². The summed E-state index contributed by atoms with van der Waals surface area (Å²) in [6.45, 7) is 0.757. The summed E-state index contributed by atoms with van der Waals surface area (Å²) in [6, 6.07) is 5.84. The number of ether oxygens (including phenoxy) is 2. The summed E-state index contributed by atoms with van der Waals surface area (Å²) >= 11 is 0. The Bertz CT molecular complexity index is 502. The highest BCUT2D eigenvalue weighted by atomic mass is 19.4. The number of carbonyl (C=O) groups is 1. The minimum absolute atomic E-state index is 0.0170. The number of alkyl halides is 3. The molecule has 1 fully saturated rings. The lowest BCUT2D eigenvalue weighted by Gasteiger charge is -2.30. The SMILES string of the molecule is COC(=O)C[C@H]1CCN[C@@H](c2ccc(OC(F)(F)F)cc2)C1. The van der Waals surface area contributed by atoms with E-state index >= 15 is 0 Å². The highest BCUT2D eigenvalue weighted by molar-refractivity contribution is 5.69. The van der Waals surface area contributed by atoms with Crippen LogP contribution in [-0.4, -0.2) is 26.0 Å². The van der Waals surface area contributed by atoms with Crippen LogP contribution in [0.4, 0.5) is 13.2 Å². The normalized spacial score (nSPS) is 22.2. The van der Waals surface area contributed by atoms with Crippen LogP contribution >= 0.6 is 0 Å². The number of esters is 1. The molecule has 7 heteroatoms. The Morgan fingerprint density at radius 3 is 2.59 bits per heavy atom. The Kier molecular flexibility index (Phi) is 5.28. The van der Waals surface area contributed by atoms with Crippen molar-refractivity contribution >= 4 is 5.97 Å². The molecule has 1 N–H and O–H groups in total. The first-order chi connectivity index (χ1) is 10.4. The summed E-state index contributed by atoms with van der Waals surface area (Å²) in [5.41, 5.74) is 0.879. The first kappa shape index (κ1) is 16.6. The van der Waals surface area contributed by atoms with Gasteiger partial charge in [0, 0.05) is 12.5 Å². The summed E-state index contributed by atoms with van der Waals surface area (Å²) in [6.07, 6.45) is -2.70. The molecular weight excluding hydrogens is 299 g/mol. The second-order valence-electron chi connectivity index (χ2n) is 5.29. The van der Waals surface area contributed by atoms with Gasteiger partial charge in [-0.1, -0.05) is 12.1 Å². The smallest absolute Gasteiger partial charge is 0.469 e. The largest absolute Gasteiger partial charge is 0.573 e. The topological polar surface area (TPSA) is 47.6 Å². The van der Waals surface area contributed by atoms with Gasteiger partial charge in [0.2, 0.25) is 0 Å². The van der Waals surface area contributed by atoms with Crippen molar-refractivity contribution in [2.45, 2.75) is 31.7 Å². The summed E-state index contributed by atoms with van der Waals surface area (Å²) in [4.78, 5) is 11.3. The van der Waals surface area contributed by atoms with Crippen molar-refractivity contribution in [3.8, 4) is 5.75 Å². The lowest BCUT2D eigenvalue weighted by Crippen LogP contribution is -2.32. The summed E-state index contributed by atoms with van der Waals surface area (Å²) in [5, 5.41) is 3.31. The highest BCUT2D eigenvalue weighted by Gasteiger charge is 2.31. The van der Waals surface area contributed by atoms with Gasteiger partial charge in [0.05, 0.1) is 7.11 Å². The minimum atomic E-state index is -4.68. The monoisotopic (exact) mass is 317 g/mol. The standard InChI is InChI=1S/C15H18F3NO3/c1-21-14(20)9-10-6-7-19-13(8-10)11-2-4-12(5-3-11)22-15(16,17)18/h2-5,10,13,19H,6-9H2,1H3/t10-,13+/m0/s1. The van der Waals surface area contributed by atoms with Crippen molar-refractivity contribution in [1.29, 1.82) is 0 Å². The molecule has 1 aromatic rings. The van der Waals surface area contributed by atoms with Crippen molar-refractivity contribution in [2.24, 2.45) is 5.92 Å². The van der Waals surface area contributed by atoms with Crippen molar-refractivity contribution in [3.05, 3.63) is 29.8 Å². The average Bonchev–Trinajstić information content (AvgIpc) is 2.46. The number of hydrogen-bond acceptors (Lipinski definition) is 4. The molecular formula is C15H18F3NO3. The van der Waals surface area contributed by atoms with E-state index in [1.54, 1.807) is 12.1 Å². The molecule has 1 aromatic carbocycles. The number of piperidine rings is 1. The second-order valence-corrected chi connectivity index (χ2v) is 5.29. The molecule has 2 rings (SSSR count). The maximum Gasteiger partial charge on any atom is 0.573 e. The third kappa shape index (κ3) is 4.91. The Morgan fingerprint density at radius 1 is 1.32 bits per heavy atom.